The molecule has 0 fully saturated rings. The first kappa shape index (κ1) is 17.7. The number of anilines is 2. The van der Waals surface area contributed by atoms with Gasteiger partial charge in [0.1, 0.15) is 0 Å². The largest absolute Gasteiger partial charge is 0.352 e. The lowest BCUT2D eigenvalue weighted by atomic mass is 10.1. The number of hydrogen-bond donors (Lipinski definition) is 1. The maximum absolute atomic E-state index is 13.2. The summed E-state index contributed by atoms with van der Waals surface area (Å²) in [4.78, 5) is 13.2. The van der Waals surface area contributed by atoms with Gasteiger partial charge in [-0.15, -0.1) is 0 Å². The zero-order valence-electron chi connectivity index (χ0n) is 15.9. The molecule has 0 spiro atoms. The molecule has 0 atom stereocenters. The highest BCUT2D eigenvalue weighted by molar-refractivity contribution is 6.11. The molecule has 4 rings (SSSR count). The minimum atomic E-state index is -0.103. The summed E-state index contributed by atoms with van der Waals surface area (Å²) in [6.45, 7) is 4.02. The number of nitrogens with zero attached hydrogens (tertiary/aromatic N) is 2. The summed E-state index contributed by atoms with van der Waals surface area (Å²) < 4.78 is 1.83. The second kappa shape index (κ2) is 7.53. The van der Waals surface area contributed by atoms with E-state index in [0.29, 0.717) is 11.3 Å². The minimum Gasteiger partial charge on any atom is -0.352 e. The molecule has 0 bridgehead atoms. The van der Waals surface area contributed by atoms with Gasteiger partial charge in [0.25, 0.3) is 0 Å². The predicted molar refractivity (Wildman–Crippen MR) is 113 cm³/mol. The number of carbonyl (C=O) groups is 1. The van der Waals surface area contributed by atoms with Gasteiger partial charge < -0.3 is 5.32 Å². The summed E-state index contributed by atoms with van der Waals surface area (Å²) in [6, 6.07) is 27.2. The van der Waals surface area contributed by atoms with E-state index in [1.807, 2.05) is 97.4 Å². The number of aromatic nitrogens is 2. The predicted octanol–water partition coefficient (Wildman–Crippen LogP) is 5.46. The molecule has 1 aromatic heterocycles. The summed E-state index contributed by atoms with van der Waals surface area (Å²) in [5.41, 5.74) is 5.62. The van der Waals surface area contributed by atoms with Crippen LogP contribution in [0.5, 0.6) is 0 Å². The summed E-state index contributed by atoms with van der Waals surface area (Å²) in [5, 5.41) is 8.09. The summed E-state index contributed by atoms with van der Waals surface area (Å²) in [7, 11) is 0. The minimum absolute atomic E-state index is 0.103. The Bertz CT molecular complexity index is 1120. The zero-order chi connectivity index (χ0) is 19.5. The van der Waals surface area contributed by atoms with E-state index in [-0.39, 0.29) is 5.78 Å². The number of aryl methyl sites for hydroxylation is 1. The molecule has 3 aromatic carbocycles. The molecule has 0 radical (unpaired) electrons. The Morgan fingerprint density at radius 3 is 2.21 bits per heavy atom. The number of ketones is 1. The highest BCUT2D eigenvalue weighted by atomic mass is 16.1. The number of para-hydroxylation sites is 1. The van der Waals surface area contributed by atoms with Crippen LogP contribution in [-0.4, -0.2) is 15.6 Å². The maximum Gasteiger partial charge on any atom is 0.215 e. The molecule has 1 N–H and O–H groups in total. The van der Waals surface area contributed by atoms with E-state index in [9.17, 15) is 4.79 Å². The molecule has 0 amide bonds. The fraction of sp³-hybridized carbons (Fsp3) is 0.0833. The highest BCUT2D eigenvalue weighted by Gasteiger charge is 2.23. The molecule has 4 nitrogen and oxygen atoms in total. The Morgan fingerprint density at radius 2 is 1.54 bits per heavy atom. The quantitative estimate of drug-likeness (QED) is 0.476. The molecule has 1 heterocycles. The Hall–Kier alpha value is -3.66. The van der Waals surface area contributed by atoms with Crippen LogP contribution >= 0.6 is 0 Å². The van der Waals surface area contributed by atoms with Crippen LogP contribution in [0.3, 0.4) is 0 Å². The first-order valence-electron chi connectivity index (χ1n) is 9.22. The fourth-order valence-corrected chi connectivity index (χ4v) is 3.21. The Balaban J connectivity index is 1.85. The number of benzene rings is 3. The van der Waals surface area contributed by atoms with Crippen LogP contribution in [0.1, 0.15) is 27.3 Å². The van der Waals surface area contributed by atoms with Gasteiger partial charge in [-0.1, -0.05) is 60.7 Å². The zero-order valence-corrected chi connectivity index (χ0v) is 15.9. The van der Waals surface area contributed by atoms with Gasteiger partial charge in [0.15, 0.2) is 5.69 Å². The van der Waals surface area contributed by atoms with Gasteiger partial charge in [-0.2, -0.15) is 5.10 Å². The van der Waals surface area contributed by atoms with Gasteiger partial charge in [-0.3, -0.25) is 4.79 Å². The molecule has 0 aliphatic carbocycles. The molecular weight excluding hydrogens is 346 g/mol. The van der Waals surface area contributed by atoms with Crippen molar-refractivity contribution in [1.29, 1.82) is 0 Å². The lowest BCUT2D eigenvalue weighted by Crippen LogP contribution is -2.06. The Labute approximate surface area is 164 Å². The summed E-state index contributed by atoms with van der Waals surface area (Å²) >= 11 is 0. The van der Waals surface area contributed by atoms with Crippen molar-refractivity contribution in [2.45, 2.75) is 13.8 Å². The van der Waals surface area contributed by atoms with Crippen LogP contribution in [0.15, 0.2) is 84.9 Å². The van der Waals surface area contributed by atoms with E-state index in [1.54, 1.807) is 0 Å². The molecular formula is C24H21N3O. The molecule has 4 heteroatoms. The fourth-order valence-electron chi connectivity index (χ4n) is 3.21. The lowest BCUT2D eigenvalue weighted by molar-refractivity contribution is 0.103. The van der Waals surface area contributed by atoms with Crippen molar-refractivity contribution >= 4 is 17.2 Å². The standard InChI is InChI=1S/C24H21N3O/c1-17-10-9-15-21(16-17)27-18(2)22(25-20-13-7-4-8-14-20)23(26-27)24(28)19-11-5-3-6-12-19/h3-16,25H,1-2H3. The lowest BCUT2D eigenvalue weighted by Gasteiger charge is -2.09. The monoisotopic (exact) mass is 367 g/mol. The topological polar surface area (TPSA) is 46.9 Å². The van der Waals surface area contributed by atoms with Gasteiger partial charge in [-0.25, -0.2) is 4.68 Å². The van der Waals surface area contributed by atoms with Crippen LogP contribution in [-0.2, 0) is 0 Å². The molecule has 4 aromatic rings. The van der Waals surface area contributed by atoms with E-state index in [1.165, 1.54) is 0 Å². The second-order valence-electron chi connectivity index (χ2n) is 6.75. The van der Waals surface area contributed by atoms with Gasteiger partial charge in [0.2, 0.25) is 5.78 Å². The summed E-state index contributed by atoms with van der Waals surface area (Å²) in [6.07, 6.45) is 0. The average molecular weight is 367 g/mol. The van der Waals surface area contributed by atoms with Gasteiger partial charge >= 0.3 is 0 Å². The highest BCUT2D eigenvalue weighted by Crippen LogP contribution is 2.29. The smallest absolute Gasteiger partial charge is 0.215 e. The van der Waals surface area contributed by atoms with Crippen molar-refractivity contribution in [3.8, 4) is 5.69 Å². The Kier molecular flexibility index (Phi) is 4.77. The molecule has 0 unspecified atom stereocenters. The Morgan fingerprint density at radius 1 is 0.857 bits per heavy atom. The molecule has 0 saturated carbocycles. The third-order valence-electron chi connectivity index (χ3n) is 4.66. The van der Waals surface area contributed by atoms with Gasteiger partial charge in [0.05, 0.1) is 17.1 Å². The number of hydrogen-bond acceptors (Lipinski definition) is 3. The summed E-state index contributed by atoms with van der Waals surface area (Å²) in [5.74, 6) is -0.103. The molecule has 0 aliphatic rings. The van der Waals surface area contributed by atoms with Crippen LogP contribution in [0.2, 0.25) is 0 Å². The van der Waals surface area contributed by atoms with Crippen LogP contribution < -0.4 is 5.32 Å². The van der Waals surface area contributed by atoms with Crippen molar-refractivity contribution in [2.75, 3.05) is 5.32 Å². The number of nitrogens with one attached hydrogen (secondary N) is 1. The SMILES string of the molecule is Cc1cccc(-n2nc(C(=O)c3ccccc3)c(Nc3ccccc3)c2C)c1. The van der Waals surface area contributed by atoms with E-state index in [4.69, 9.17) is 5.10 Å². The third-order valence-corrected chi connectivity index (χ3v) is 4.66. The number of rotatable bonds is 5. The molecule has 0 saturated heterocycles. The maximum atomic E-state index is 13.2. The van der Waals surface area contributed by atoms with Gasteiger partial charge in [-0.05, 0) is 43.7 Å². The van der Waals surface area contributed by atoms with E-state index in [2.05, 4.69) is 11.4 Å². The molecule has 0 aliphatic heterocycles. The third kappa shape index (κ3) is 3.45. The van der Waals surface area contributed by atoms with Crippen molar-refractivity contribution < 1.29 is 4.79 Å². The number of carbonyl (C=O) groups excluding carboxylic acids is 1. The van der Waals surface area contributed by atoms with E-state index < -0.39 is 0 Å². The van der Waals surface area contributed by atoms with Crippen LogP contribution in [0.4, 0.5) is 11.4 Å². The van der Waals surface area contributed by atoms with Crippen molar-refractivity contribution in [2.24, 2.45) is 0 Å². The van der Waals surface area contributed by atoms with Gasteiger partial charge in [0, 0.05) is 11.3 Å². The van der Waals surface area contributed by atoms with E-state index in [0.717, 1.165) is 28.3 Å². The second-order valence-corrected chi connectivity index (χ2v) is 6.75. The first-order chi connectivity index (χ1) is 13.6. The molecule has 138 valence electrons. The average Bonchev–Trinajstić information content (AvgIpc) is 3.05. The van der Waals surface area contributed by atoms with Crippen molar-refractivity contribution in [3.05, 3.63) is 107 Å². The first-order valence-corrected chi connectivity index (χ1v) is 9.22. The van der Waals surface area contributed by atoms with Crippen molar-refractivity contribution in [3.63, 3.8) is 0 Å². The van der Waals surface area contributed by atoms with Crippen LogP contribution in [0, 0.1) is 13.8 Å². The van der Waals surface area contributed by atoms with Crippen molar-refractivity contribution in [1.82, 2.24) is 9.78 Å². The van der Waals surface area contributed by atoms with E-state index >= 15 is 0 Å². The molecule has 28 heavy (non-hydrogen) atoms. The van der Waals surface area contributed by atoms with Crippen LogP contribution in [0.25, 0.3) is 5.69 Å². The normalized spacial score (nSPS) is 10.6.